The molecule has 10 heteroatoms. The summed E-state index contributed by atoms with van der Waals surface area (Å²) in [5, 5.41) is 25.6. The molecule has 0 unspecified atom stereocenters. The third-order valence-electron chi connectivity index (χ3n) is 4.92. The lowest BCUT2D eigenvalue weighted by molar-refractivity contribution is -0.133. The van der Waals surface area contributed by atoms with Gasteiger partial charge >= 0.3 is 11.9 Å². The summed E-state index contributed by atoms with van der Waals surface area (Å²) in [5.41, 5.74) is 1.09. The van der Waals surface area contributed by atoms with Crippen molar-refractivity contribution >= 4 is 34.2 Å². The van der Waals surface area contributed by atoms with Gasteiger partial charge in [0.05, 0.1) is 5.56 Å². The molecule has 4 rings (SSSR count). The van der Waals surface area contributed by atoms with Crippen LogP contribution in [0, 0.1) is 6.92 Å². The van der Waals surface area contributed by atoms with E-state index in [9.17, 15) is 24.6 Å². The number of hydrogen-bond acceptors (Lipinski definition) is 7. The van der Waals surface area contributed by atoms with Crippen molar-refractivity contribution in [3.8, 4) is 11.5 Å². The molecule has 1 fully saturated rings. The van der Waals surface area contributed by atoms with Gasteiger partial charge in [-0.3, -0.25) is 4.79 Å². The number of thiophene rings is 1. The first-order valence-electron chi connectivity index (χ1n) is 8.84. The van der Waals surface area contributed by atoms with Crippen LogP contribution in [-0.4, -0.2) is 38.2 Å². The van der Waals surface area contributed by atoms with Gasteiger partial charge in [0, 0.05) is 17.1 Å². The van der Waals surface area contributed by atoms with Crippen molar-refractivity contribution < 1.29 is 29.1 Å². The summed E-state index contributed by atoms with van der Waals surface area (Å²) in [7, 11) is 0. The summed E-state index contributed by atoms with van der Waals surface area (Å²) < 4.78 is 5.33. The SMILES string of the molecule is Cc1c(C(=O)O)sc(NC(=O)C2=C(C(=O)O)CCC2)c1-c1nc(C2CC2)no1. The fourth-order valence-corrected chi connectivity index (χ4v) is 4.35. The van der Waals surface area contributed by atoms with Gasteiger partial charge in [-0.25, -0.2) is 9.59 Å². The van der Waals surface area contributed by atoms with Crippen LogP contribution in [0.3, 0.4) is 0 Å². The first-order valence-corrected chi connectivity index (χ1v) is 9.65. The van der Waals surface area contributed by atoms with Crippen molar-refractivity contribution in [2.75, 3.05) is 5.32 Å². The molecule has 2 heterocycles. The minimum absolute atomic E-state index is 0.0512. The van der Waals surface area contributed by atoms with Gasteiger partial charge in [-0.1, -0.05) is 5.16 Å². The van der Waals surface area contributed by atoms with Gasteiger partial charge in [-0.2, -0.15) is 4.98 Å². The van der Waals surface area contributed by atoms with E-state index in [2.05, 4.69) is 15.5 Å². The Balaban J connectivity index is 1.72. The number of amides is 1. The molecule has 0 spiro atoms. The number of anilines is 1. The van der Waals surface area contributed by atoms with E-state index in [0.717, 1.165) is 24.2 Å². The van der Waals surface area contributed by atoms with E-state index in [1.165, 1.54) is 0 Å². The van der Waals surface area contributed by atoms with E-state index < -0.39 is 17.8 Å². The zero-order chi connectivity index (χ0) is 20.0. The highest BCUT2D eigenvalue weighted by atomic mass is 32.1. The number of carbonyl (C=O) groups is 3. The summed E-state index contributed by atoms with van der Waals surface area (Å²) in [6, 6.07) is 0. The Bertz CT molecular complexity index is 1030. The number of carboxylic acids is 2. The van der Waals surface area contributed by atoms with Crippen molar-refractivity contribution in [1.82, 2.24) is 10.1 Å². The molecule has 2 aromatic heterocycles. The molecule has 28 heavy (non-hydrogen) atoms. The van der Waals surface area contributed by atoms with Crippen molar-refractivity contribution in [2.45, 2.75) is 44.9 Å². The number of carboxylic acid groups (broad SMARTS) is 2. The van der Waals surface area contributed by atoms with Crippen LogP contribution in [0.25, 0.3) is 11.5 Å². The van der Waals surface area contributed by atoms with Gasteiger partial charge < -0.3 is 20.1 Å². The van der Waals surface area contributed by atoms with Crippen LogP contribution in [0.1, 0.15) is 59.1 Å². The van der Waals surface area contributed by atoms with Crippen LogP contribution in [0.15, 0.2) is 15.7 Å². The van der Waals surface area contributed by atoms with Crippen LogP contribution in [0.5, 0.6) is 0 Å². The molecule has 2 aromatic rings. The Hall–Kier alpha value is -3.01. The van der Waals surface area contributed by atoms with Gasteiger partial charge in [-0.15, -0.1) is 11.3 Å². The zero-order valence-electron chi connectivity index (χ0n) is 14.9. The Morgan fingerprint density at radius 1 is 1.14 bits per heavy atom. The maximum Gasteiger partial charge on any atom is 0.346 e. The molecule has 0 aliphatic heterocycles. The van der Waals surface area contributed by atoms with Gasteiger partial charge in [-0.05, 0) is 44.6 Å². The summed E-state index contributed by atoms with van der Waals surface area (Å²) in [6.45, 7) is 1.61. The summed E-state index contributed by atoms with van der Waals surface area (Å²) in [6.07, 6.45) is 3.26. The molecule has 2 aliphatic carbocycles. The number of rotatable bonds is 6. The number of aromatic nitrogens is 2. The molecule has 2 aliphatic rings. The number of nitrogens with one attached hydrogen (secondary N) is 1. The predicted octanol–water partition coefficient (Wildman–Crippen LogP) is 3.19. The van der Waals surface area contributed by atoms with E-state index in [4.69, 9.17) is 4.52 Å². The second kappa shape index (κ2) is 6.86. The monoisotopic (exact) mass is 403 g/mol. The average molecular weight is 403 g/mol. The molecular weight excluding hydrogens is 386 g/mol. The number of nitrogens with zero attached hydrogens (tertiary/aromatic N) is 2. The first-order chi connectivity index (χ1) is 13.4. The van der Waals surface area contributed by atoms with Crippen LogP contribution >= 0.6 is 11.3 Å². The second-order valence-corrected chi connectivity index (χ2v) is 7.89. The average Bonchev–Trinajstić information content (AvgIpc) is 3.06. The van der Waals surface area contributed by atoms with Gasteiger partial charge in [0.2, 0.25) is 0 Å². The molecule has 0 radical (unpaired) electrons. The van der Waals surface area contributed by atoms with Crippen molar-refractivity contribution in [2.24, 2.45) is 0 Å². The number of hydrogen-bond donors (Lipinski definition) is 3. The normalized spacial score (nSPS) is 16.5. The number of aliphatic carboxylic acids is 1. The fraction of sp³-hybridized carbons (Fsp3) is 0.389. The molecule has 146 valence electrons. The van der Waals surface area contributed by atoms with Crippen molar-refractivity contribution in [1.29, 1.82) is 0 Å². The highest BCUT2D eigenvalue weighted by Crippen LogP contribution is 2.43. The summed E-state index contributed by atoms with van der Waals surface area (Å²) in [4.78, 5) is 40.0. The fourth-order valence-electron chi connectivity index (χ4n) is 3.32. The first kappa shape index (κ1) is 18.4. The maximum atomic E-state index is 12.7. The molecule has 0 saturated heterocycles. The predicted molar refractivity (Wildman–Crippen MR) is 98.4 cm³/mol. The molecule has 0 bridgehead atoms. The van der Waals surface area contributed by atoms with E-state index in [1.807, 2.05) is 0 Å². The van der Waals surface area contributed by atoms with Gasteiger partial charge in [0.25, 0.3) is 11.8 Å². The largest absolute Gasteiger partial charge is 0.478 e. The molecule has 9 nitrogen and oxygen atoms in total. The molecule has 1 saturated carbocycles. The molecule has 0 aromatic carbocycles. The van der Waals surface area contributed by atoms with Gasteiger partial charge in [0.15, 0.2) is 5.82 Å². The van der Waals surface area contributed by atoms with Crippen LogP contribution in [0.2, 0.25) is 0 Å². The highest BCUT2D eigenvalue weighted by Gasteiger charge is 2.32. The quantitative estimate of drug-likeness (QED) is 0.667. The van der Waals surface area contributed by atoms with E-state index in [0.29, 0.717) is 36.2 Å². The minimum atomic E-state index is -1.13. The van der Waals surface area contributed by atoms with Gasteiger partial charge in [0.1, 0.15) is 9.88 Å². The Morgan fingerprint density at radius 3 is 2.50 bits per heavy atom. The lowest BCUT2D eigenvalue weighted by atomic mass is 10.1. The van der Waals surface area contributed by atoms with Crippen molar-refractivity contribution in [3.63, 3.8) is 0 Å². The third-order valence-corrected chi connectivity index (χ3v) is 6.11. The third kappa shape index (κ3) is 3.19. The Labute approximate surface area is 163 Å². The molecular formula is C18H17N3O6S. The smallest absolute Gasteiger partial charge is 0.346 e. The van der Waals surface area contributed by atoms with E-state index in [-0.39, 0.29) is 32.8 Å². The molecule has 0 atom stereocenters. The Morgan fingerprint density at radius 2 is 1.86 bits per heavy atom. The van der Waals surface area contributed by atoms with Crippen LogP contribution in [-0.2, 0) is 9.59 Å². The summed E-state index contributed by atoms with van der Waals surface area (Å²) >= 11 is 0.890. The Kier molecular flexibility index (Phi) is 4.50. The van der Waals surface area contributed by atoms with E-state index in [1.54, 1.807) is 6.92 Å². The highest BCUT2D eigenvalue weighted by molar-refractivity contribution is 7.19. The molecule has 1 amide bonds. The molecule has 3 N–H and O–H groups in total. The zero-order valence-corrected chi connectivity index (χ0v) is 15.8. The van der Waals surface area contributed by atoms with E-state index >= 15 is 0 Å². The maximum absolute atomic E-state index is 12.7. The standard InChI is InChI=1S/C18H17N3O6S/c1-7-11(15-19-13(21-27-15)8-5-6-8)16(28-12(7)18(25)26)20-14(22)9-3-2-4-10(9)17(23)24/h8H,2-6H2,1H3,(H,20,22)(H,23,24)(H,25,26). The number of aromatic carboxylic acids is 1. The topological polar surface area (TPSA) is 143 Å². The lowest BCUT2D eigenvalue weighted by Gasteiger charge is -2.06. The van der Waals surface area contributed by atoms with Crippen molar-refractivity contribution in [3.05, 3.63) is 27.4 Å². The second-order valence-electron chi connectivity index (χ2n) is 6.87. The minimum Gasteiger partial charge on any atom is -0.478 e. The van der Waals surface area contributed by atoms with Crippen LogP contribution < -0.4 is 5.32 Å². The van der Waals surface area contributed by atoms with Crippen LogP contribution in [0.4, 0.5) is 5.00 Å². The summed E-state index contributed by atoms with van der Waals surface area (Å²) in [5.74, 6) is -1.80. The number of carbonyl (C=O) groups excluding carboxylic acids is 1. The lowest BCUT2D eigenvalue weighted by Crippen LogP contribution is -2.16.